The van der Waals surface area contributed by atoms with Gasteiger partial charge < -0.3 is 4.57 Å². The molecule has 1 aromatic heterocycles. The summed E-state index contributed by atoms with van der Waals surface area (Å²) >= 11 is 0. The van der Waals surface area contributed by atoms with E-state index in [1.54, 1.807) is 0 Å². The molecule has 0 bridgehead atoms. The Kier molecular flexibility index (Phi) is 2.48. The van der Waals surface area contributed by atoms with Crippen LogP contribution in [0, 0.1) is 6.92 Å². The van der Waals surface area contributed by atoms with Crippen LogP contribution in [0.4, 0.5) is 0 Å². The molecule has 0 aliphatic carbocycles. The molecule has 90 valence electrons. The van der Waals surface area contributed by atoms with Crippen molar-refractivity contribution in [1.29, 1.82) is 0 Å². The summed E-state index contributed by atoms with van der Waals surface area (Å²) in [6, 6.07) is 13.1. The highest BCUT2D eigenvalue weighted by Crippen LogP contribution is 2.32. The van der Waals surface area contributed by atoms with Gasteiger partial charge in [0.15, 0.2) is 0 Å². The molecule has 3 aromatic rings. The van der Waals surface area contributed by atoms with Gasteiger partial charge in [-0.1, -0.05) is 30.9 Å². The second-order valence-corrected chi connectivity index (χ2v) is 4.70. The van der Waals surface area contributed by atoms with Crippen LogP contribution >= 0.6 is 0 Å². The Balaban J connectivity index is 2.59. The first kappa shape index (κ1) is 11.1. The second-order valence-electron chi connectivity index (χ2n) is 4.70. The number of rotatable bonds is 2. The first-order valence-corrected chi connectivity index (χ1v) is 6.40. The summed E-state index contributed by atoms with van der Waals surface area (Å²) in [4.78, 5) is 0. The minimum Gasteiger partial charge on any atom is -0.341 e. The van der Waals surface area contributed by atoms with Gasteiger partial charge in [0.25, 0.3) is 0 Å². The third kappa shape index (κ3) is 1.40. The fourth-order valence-electron chi connectivity index (χ4n) is 2.87. The van der Waals surface area contributed by atoms with E-state index >= 15 is 0 Å². The summed E-state index contributed by atoms with van der Waals surface area (Å²) in [7, 11) is 0. The molecule has 0 atom stereocenters. The van der Waals surface area contributed by atoms with Gasteiger partial charge in [-0.25, -0.2) is 0 Å². The van der Waals surface area contributed by atoms with Crippen molar-refractivity contribution in [3.8, 4) is 0 Å². The zero-order valence-electron chi connectivity index (χ0n) is 10.9. The monoisotopic (exact) mass is 235 g/mol. The van der Waals surface area contributed by atoms with Crippen molar-refractivity contribution in [2.45, 2.75) is 20.4 Å². The van der Waals surface area contributed by atoms with E-state index in [9.17, 15) is 0 Å². The highest BCUT2D eigenvalue weighted by atomic mass is 15.0. The van der Waals surface area contributed by atoms with Crippen molar-refractivity contribution in [2.24, 2.45) is 0 Å². The third-order valence-electron chi connectivity index (χ3n) is 3.63. The molecule has 1 nitrogen and oxygen atoms in total. The number of fused-ring (bicyclic) bond motifs is 3. The topological polar surface area (TPSA) is 4.93 Å². The molecule has 18 heavy (non-hydrogen) atoms. The lowest BCUT2D eigenvalue weighted by atomic mass is 10.1. The van der Waals surface area contributed by atoms with Crippen molar-refractivity contribution in [3.05, 3.63) is 54.1 Å². The number of aryl methyl sites for hydroxylation is 2. The number of para-hydroxylation sites is 1. The van der Waals surface area contributed by atoms with Gasteiger partial charge in [-0.3, -0.25) is 0 Å². The van der Waals surface area contributed by atoms with Crippen molar-refractivity contribution >= 4 is 27.9 Å². The number of benzene rings is 2. The van der Waals surface area contributed by atoms with Crippen LogP contribution in [0.25, 0.3) is 27.9 Å². The standard InChI is InChI=1S/C17H17N/c1-4-13-10-12(3)17-15(11-13)14-8-6-7-9-16(14)18(17)5-2/h4,6-11H,1,5H2,2-3H3. The zero-order valence-corrected chi connectivity index (χ0v) is 10.9. The molecule has 0 saturated carbocycles. The van der Waals surface area contributed by atoms with Gasteiger partial charge in [0.05, 0.1) is 5.52 Å². The van der Waals surface area contributed by atoms with E-state index in [1.165, 1.54) is 32.9 Å². The molecule has 0 radical (unpaired) electrons. The minimum absolute atomic E-state index is 0.998. The van der Waals surface area contributed by atoms with Gasteiger partial charge >= 0.3 is 0 Å². The summed E-state index contributed by atoms with van der Waals surface area (Å²) < 4.78 is 2.40. The maximum absolute atomic E-state index is 3.88. The molecular formula is C17H17N. The molecule has 0 unspecified atom stereocenters. The second kappa shape index (κ2) is 4.02. The van der Waals surface area contributed by atoms with Gasteiger partial charge in [-0.05, 0) is 43.2 Å². The van der Waals surface area contributed by atoms with Crippen LogP contribution < -0.4 is 0 Å². The molecule has 0 spiro atoms. The molecule has 1 heterocycles. The number of aromatic nitrogens is 1. The van der Waals surface area contributed by atoms with E-state index in [1.807, 2.05) is 6.08 Å². The van der Waals surface area contributed by atoms with Crippen LogP contribution in [0.3, 0.4) is 0 Å². The summed E-state index contributed by atoms with van der Waals surface area (Å²) in [5.41, 5.74) is 5.18. The Morgan fingerprint density at radius 3 is 2.67 bits per heavy atom. The van der Waals surface area contributed by atoms with Crippen LogP contribution in [0.2, 0.25) is 0 Å². The highest BCUT2D eigenvalue weighted by molar-refractivity contribution is 6.09. The van der Waals surface area contributed by atoms with Gasteiger partial charge in [-0.2, -0.15) is 0 Å². The van der Waals surface area contributed by atoms with Gasteiger partial charge in [0.2, 0.25) is 0 Å². The summed E-state index contributed by atoms with van der Waals surface area (Å²) in [5.74, 6) is 0. The molecule has 1 heteroatoms. The molecule has 0 amide bonds. The number of nitrogens with zero attached hydrogens (tertiary/aromatic N) is 1. The molecular weight excluding hydrogens is 218 g/mol. The van der Waals surface area contributed by atoms with E-state index in [4.69, 9.17) is 0 Å². The van der Waals surface area contributed by atoms with Crippen molar-refractivity contribution in [3.63, 3.8) is 0 Å². The maximum atomic E-state index is 3.88. The van der Waals surface area contributed by atoms with Gasteiger partial charge in [-0.15, -0.1) is 0 Å². The van der Waals surface area contributed by atoms with E-state index in [2.05, 4.69) is 61.4 Å². The third-order valence-corrected chi connectivity index (χ3v) is 3.63. The first-order valence-electron chi connectivity index (χ1n) is 6.40. The normalized spacial score (nSPS) is 11.2. The minimum atomic E-state index is 0.998. The van der Waals surface area contributed by atoms with Gasteiger partial charge in [0, 0.05) is 22.8 Å². The lowest BCUT2D eigenvalue weighted by Crippen LogP contribution is -1.94. The molecule has 3 rings (SSSR count). The predicted octanol–water partition coefficient (Wildman–Crippen LogP) is 4.77. The van der Waals surface area contributed by atoms with E-state index in [0.717, 1.165) is 6.54 Å². The summed E-state index contributed by atoms with van der Waals surface area (Å²) in [6.07, 6.45) is 1.92. The highest BCUT2D eigenvalue weighted by Gasteiger charge is 2.11. The Morgan fingerprint density at radius 2 is 1.94 bits per heavy atom. The van der Waals surface area contributed by atoms with Crippen LogP contribution in [0.5, 0.6) is 0 Å². The molecule has 0 fully saturated rings. The lowest BCUT2D eigenvalue weighted by Gasteiger charge is -2.06. The van der Waals surface area contributed by atoms with Crippen LogP contribution in [0.15, 0.2) is 43.0 Å². The fourth-order valence-corrected chi connectivity index (χ4v) is 2.87. The van der Waals surface area contributed by atoms with Crippen LogP contribution in [-0.4, -0.2) is 4.57 Å². The average Bonchev–Trinajstić information content (AvgIpc) is 2.73. The molecule has 0 N–H and O–H groups in total. The summed E-state index contributed by atoms with van der Waals surface area (Å²) in [6.45, 7) is 9.26. The maximum Gasteiger partial charge on any atom is 0.0521 e. The van der Waals surface area contributed by atoms with E-state index in [-0.39, 0.29) is 0 Å². The first-order chi connectivity index (χ1) is 8.76. The summed E-state index contributed by atoms with van der Waals surface area (Å²) in [5, 5.41) is 2.67. The SMILES string of the molecule is C=Cc1cc(C)c2c(c1)c1ccccc1n2CC. The Labute approximate surface area is 107 Å². The molecule has 0 aliphatic rings. The Hall–Kier alpha value is -2.02. The van der Waals surface area contributed by atoms with Crippen LogP contribution in [0.1, 0.15) is 18.1 Å². The average molecular weight is 235 g/mol. The van der Waals surface area contributed by atoms with Crippen molar-refractivity contribution < 1.29 is 0 Å². The smallest absolute Gasteiger partial charge is 0.0521 e. The Morgan fingerprint density at radius 1 is 1.17 bits per heavy atom. The quantitative estimate of drug-likeness (QED) is 0.603. The van der Waals surface area contributed by atoms with E-state index < -0.39 is 0 Å². The zero-order chi connectivity index (χ0) is 12.7. The molecule has 2 aromatic carbocycles. The fraction of sp³-hybridized carbons (Fsp3) is 0.176. The number of hydrogen-bond donors (Lipinski definition) is 0. The van der Waals surface area contributed by atoms with E-state index in [0.29, 0.717) is 0 Å². The Bertz CT molecular complexity index is 747. The van der Waals surface area contributed by atoms with Crippen molar-refractivity contribution in [2.75, 3.05) is 0 Å². The van der Waals surface area contributed by atoms with Crippen LogP contribution in [-0.2, 0) is 6.54 Å². The van der Waals surface area contributed by atoms with Gasteiger partial charge in [0.1, 0.15) is 0 Å². The predicted molar refractivity (Wildman–Crippen MR) is 79.9 cm³/mol. The van der Waals surface area contributed by atoms with Crippen molar-refractivity contribution in [1.82, 2.24) is 4.57 Å². The molecule has 0 aliphatic heterocycles. The lowest BCUT2D eigenvalue weighted by molar-refractivity contribution is 0.825. The number of hydrogen-bond acceptors (Lipinski definition) is 0. The largest absolute Gasteiger partial charge is 0.341 e. The molecule has 0 saturated heterocycles.